The Balaban J connectivity index is 1.60. The Morgan fingerprint density at radius 3 is 2.59 bits per heavy atom. The summed E-state index contributed by atoms with van der Waals surface area (Å²) in [7, 11) is 3.58. The quantitative estimate of drug-likeness (QED) is 0.642. The Morgan fingerprint density at radius 2 is 1.93 bits per heavy atom. The van der Waals surface area contributed by atoms with E-state index >= 15 is 0 Å². The molecule has 1 heterocycles. The molecule has 4 unspecified atom stereocenters. The summed E-state index contributed by atoms with van der Waals surface area (Å²) in [5.41, 5.74) is -1.07. The zero-order valence-corrected chi connectivity index (χ0v) is 18.0. The number of aliphatic hydroxyl groups excluding tert-OH is 2. The molecule has 5 saturated carbocycles. The third kappa shape index (κ3) is 1.89. The third-order valence-corrected chi connectivity index (χ3v) is 11.0. The lowest BCUT2D eigenvalue weighted by Gasteiger charge is -2.69. The van der Waals surface area contributed by atoms with Crippen LogP contribution in [-0.2, 0) is 9.47 Å². The zero-order chi connectivity index (χ0) is 20.3. The fraction of sp³-hybridized carbons (Fsp3) is 1.00. The third-order valence-electron chi connectivity index (χ3n) is 11.0. The lowest BCUT2D eigenvalue weighted by Crippen LogP contribution is -2.76. The van der Waals surface area contributed by atoms with E-state index in [1.807, 2.05) is 7.11 Å². The molecule has 3 N–H and O–H groups in total. The van der Waals surface area contributed by atoms with Crippen molar-refractivity contribution in [1.82, 2.24) is 4.90 Å². The first-order valence-electron chi connectivity index (χ1n) is 11.7. The maximum absolute atomic E-state index is 12.3. The second-order valence-electron chi connectivity index (χ2n) is 11.2. The second-order valence-corrected chi connectivity index (χ2v) is 11.2. The summed E-state index contributed by atoms with van der Waals surface area (Å²) < 4.78 is 12.1. The molecule has 0 aromatic rings. The van der Waals surface area contributed by atoms with Gasteiger partial charge in [0.15, 0.2) is 0 Å². The molecule has 0 aromatic carbocycles. The van der Waals surface area contributed by atoms with Crippen molar-refractivity contribution in [1.29, 1.82) is 0 Å². The molecule has 1 saturated heterocycles. The van der Waals surface area contributed by atoms with Gasteiger partial charge in [0.25, 0.3) is 0 Å². The Bertz CT molecular complexity index is 705. The van der Waals surface area contributed by atoms with Crippen LogP contribution >= 0.6 is 0 Å². The standard InChI is InChI=1S/C23H37NO5/c1-4-24-10-21(11-25)6-5-17(29-3)23-13-7-12-15(28-2)9-22(27,18(13)19(12)26)14(20(23)24)8-16(21)23/h12-20,25-27H,4-11H2,1-3H3/t12-,13?,14?,15+,16?,17+,18?,19+,20-,21+,22+,23-/m1/s1. The molecule has 6 fully saturated rings. The van der Waals surface area contributed by atoms with Crippen molar-refractivity contribution in [3.05, 3.63) is 0 Å². The van der Waals surface area contributed by atoms with E-state index in [1.165, 1.54) is 0 Å². The van der Waals surface area contributed by atoms with Gasteiger partial charge in [-0.15, -0.1) is 0 Å². The van der Waals surface area contributed by atoms with Gasteiger partial charge in [-0.1, -0.05) is 6.92 Å². The average Bonchev–Trinajstić information content (AvgIpc) is 3.14. The summed E-state index contributed by atoms with van der Waals surface area (Å²) in [6.07, 6.45) is 4.02. The fourth-order valence-electron chi connectivity index (χ4n) is 10.4. The minimum Gasteiger partial charge on any atom is -0.396 e. The number of fused-ring (bicyclic) bond motifs is 2. The predicted octanol–water partition coefficient (Wildman–Crippen LogP) is 0.877. The summed E-state index contributed by atoms with van der Waals surface area (Å²) in [5, 5.41) is 34.3. The van der Waals surface area contributed by atoms with Crippen LogP contribution in [0.2, 0.25) is 0 Å². The van der Waals surface area contributed by atoms with Crippen LogP contribution in [0.15, 0.2) is 0 Å². The van der Waals surface area contributed by atoms with Crippen LogP contribution in [0.25, 0.3) is 0 Å². The Labute approximate surface area is 173 Å². The summed E-state index contributed by atoms with van der Waals surface area (Å²) in [6, 6.07) is 0.273. The Kier molecular flexibility index (Phi) is 4.00. The van der Waals surface area contributed by atoms with Gasteiger partial charge in [0.2, 0.25) is 0 Å². The van der Waals surface area contributed by atoms with E-state index in [1.54, 1.807) is 7.11 Å². The lowest BCUT2D eigenvalue weighted by molar-refractivity contribution is -0.275. The first-order valence-corrected chi connectivity index (χ1v) is 11.7. The van der Waals surface area contributed by atoms with Crippen LogP contribution in [0, 0.1) is 40.4 Å². The van der Waals surface area contributed by atoms with Gasteiger partial charge >= 0.3 is 0 Å². The van der Waals surface area contributed by atoms with Crippen molar-refractivity contribution in [2.45, 2.75) is 69.0 Å². The molecule has 6 nitrogen and oxygen atoms in total. The Hall–Kier alpha value is -0.240. The first kappa shape index (κ1) is 19.4. The molecular weight excluding hydrogens is 370 g/mol. The van der Waals surface area contributed by atoms with Crippen LogP contribution in [0.3, 0.4) is 0 Å². The van der Waals surface area contributed by atoms with E-state index in [4.69, 9.17) is 9.47 Å². The molecule has 1 aliphatic heterocycles. The molecular formula is C23H37NO5. The van der Waals surface area contributed by atoms with Crippen LogP contribution < -0.4 is 0 Å². The van der Waals surface area contributed by atoms with Crippen molar-refractivity contribution in [2.75, 3.05) is 33.9 Å². The number of aliphatic hydroxyl groups is 3. The predicted molar refractivity (Wildman–Crippen MR) is 106 cm³/mol. The molecule has 7 bridgehead atoms. The van der Waals surface area contributed by atoms with Crippen molar-refractivity contribution in [3.8, 4) is 0 Å². The number of ether oxygens (including phenoxy) is 2. The van der Waals surface area contributed by atoms with Gasteiger partial charge in [-0.2, -0.15) is 0 Å². The average molecular weight is 408 g/mol. The smallest absolute Gasteiger partial charge is 0.0771 e. The van der Waals surface area contributed by atoms with Crippen LogP contribution in [-0.4, -0.2) is 84.1 Å². The summed E-state index contributed by atoms with van der Waals surface area (Å²) in [4.78, 5) is 2.57. The highest BCUT2D eigenvalue weighted by atomic mass is 16.5. The van der Waals surface area contributed by atoms with E-state index < -0.39 is 11.7 Å². The summed E-state index contributed by atoms with van der Waals surface area (Å²) in [6.45, 7) is 4.29. The van der Waals surface area contributed by atoms with Crippen LogP contribution in [0.1, 0.15) is 39.0 Å². The van der Waals surface area contributed by atoms with E-state index in [-0.39, 0.29) is 59.4 Å². The molecule has 0 amide bonds. The highest BCUT2D eigenvalue weighted by molar-refractivity contribution is 5.33. The molecule has 6 rings (SSSR count). The van der Waals surface area contributed by atoms with E-state index in [2.05, 4.69) is 11.8 Å². The van der Waals surface area contributed by atoms with Crippen molar-refractivity contribution >= 4 is 0 Å². The number of hydrogen-bond donors (Lipinski definition) is 3. The Morgan fingerprint density at radius 1 is 1.14 bits per heavy atom. The number of nitrogens with zero attached hydrogens (tertiary/aromatic N) is 1. The van der Waals surface area contributed by atoms with E-state index in [9.17, 15) is 15.3 Å². The number of methoxy groups -OCH3 is 2. The molecule has 29 heavy (non-hydrogen) atoms. The SMILES string of the molecule is CCN1C[C@]2(CO)CC[C@H](OC)[C@@]34C5C[C@@H]6[C@@H](OC)C[C@@](O)(C5[C@H]6O)C(CC23)[C@@H]14. The van der Waals surface area contributed by atoms with Gasteiger partial charge in [-0.25, -0.2) is 0 Å². The normalized spacial score (nSPS) is 62.5. The fourth-order valence-corrected chi connectivity index (χ4v) is 10.4. The largest absolute Gasteiger partial charge is 0.396 e. The first-order chi connectivity index (χ1) is 13.9. The number of hydrogen-bond acceptors (Lipinski definition) is 6. The molecule has 12 atom stereocenters. The maximum Gasteiger partial charge on any atom is 0.0771 e. The molecule has 1 spiro atoms. The van der Waals surface area contributed by atoms with Crippen molar-refractivity contribution in [2.24, 2.45) is 40.4 Å². The van der Waals surface area contributed by atoms with Crippen molar-refractivity contribution in [3.63, 3.8) is 0 Å². The second kappa shape index (κ2) is 5.96. The zero-order valence-electron chi connectivity index (χ0n) is 18.0. The summed E-state index contributed by atoms with van der Waals surface area (Å²) >= 11 is 0. The van der Waals surface area contributed by atoms with E-state index in [0.717, 1.165) is 38.8 Å². The molecule has 0 radical (unpaired) electrons. The van der Waals surface area contributed by atoms with Gasteiger partial charge in [-0.05, 0) is 44.1 Å². The van der Waals surface area contributed by atoms with E-state index in [0.29, 0.717) is 12.3 Å². The van der Waals surface area contributed by atoms with Gasteiger partial charge in [0.05, 0.1) is 30.5 Å². The number of piperidine rings is 1. The highest BCUT2D eigenvalue weighted by Gasteiger charge is 2.83. The van der Waals surface area contributed by atoms with Crippen LogP contribution in [0.4, 0.5) is 0 Å². The molecule has 0 aromatic heterocycles. The number of rotatable bonds is 4. The van der Waals surface area contributed by atoms with Crippen LogP contribution in [0.5, 0.6) is 0 Å². The minimum absolute atomic E-state index is 0.0749. The molecule has 5 aliphatic carbocycles. The van der Waals surface area contributed by atoms with Gasteiger partial charge < -0.3 is 24.8 Å². The van der Waals surface area contributed by atoms with Crippen molar-refractivity contribution < 1.29 is 24.8 Å². The lowest BCUT2D eigenvalue weighted by atomic mass is 9.43. The maximum atomic E-state index is 12.3. The minimum atomic E-state index is -0.887. The monoisotopic (exact) mass is 407 g/mol. The molecule has 6 heteroatoms. The highest BCUT2D eigenvalue weighted by Crippen LogP contribution is 2.79. The van der Waals surface area contributed by atoms with Gasteiger partial charge in [0.1, 0.15) is 0 Å². The van der Waals surface area contributed by atoms with Gasteiger partial charge in [-0.3, -0.25) is 4.90 Å². The molecule has 164 valence electrons. The van der Waals surface area contributed by atoms with Gasteiger partial charge in [0, 0.05) is 61.8 Å². The molecule has 6 aliphatic rings. The summed E-state index contributed by atoms with van der Waals surface area (Å²) in [5.74, 6) is 0.719. The topological polar surface area (TPSA) is 82.4 Å². The number of likely N-dealkylation sites (tertiary alicyclic amines) is 1.